The molecule has 0 radical (unpaired) electrons. The fourth-order valence-electron chi connectivity index (χ4n) is 3.50. The molecule has 0 aliphatic rings. The first-order chi connectivity index (χ1) is 15.1. The number of imidazole rings is 1. The van der Waals surface area contributed by atoms with E-state index in [1.165, 1.54) is 16.7 Å². The Morgan fingerprint density at radius 3 is 2.42 bits per heavy atom. The van der Waals surface area contributed by atoms with Crippen LogP contribution in [0.1, 0.15) is 21.6 Å². The molecule has 4 aromatic rings. The Bertz CT molecular complexity index is 1160. The van der Waals surface area contributed by atoms with E-state index < -0.39 is 0 Å². The van der Waals surface area contributed by atoms with Gasteiger partial charge in [-0.05, 0) is 48.2 Å². The predicted octanol–water partition coefficient (Wildman–Crippen LogP) is 4.83. The average molecular weight is 412 g/mol. The number of methoxy groups -OCH3 is 1. The Labute approximate surface area is 182 Å². The highest BCUT2D eigenvalue weighted by Crippen LogP contribution is 2.24. The number of carbonyl (C=O) groups excluding carboxylic acids is 1. The summed E-state index contributed by atoms with van der Waals surface area (Å²) in [6, 6.07) is 24.2. The minimum atomic E-state index is -0.118. The Morgan fingerprint density at radius 1 is 1.00 bits per heavy atom. The number of nitrogens with one attached hydrogen (secondary N) is 1. The van der Waals surface area contributed by atoms with Crippen molar-refractivity contribution in [1.82, 2.24) is 14.9 Å². The van der Waals surface area contributed by atoms with Crippen LogP contribution in [0.5, 0.6) is 5.75 Å². The van der Waals surface area contributed by atoms with E-state index in [2.05, 4.69) is 46.7 Å². The Balaban J connectivity index is 1.36. The molecule has 4 rings (SSSR count). The van der Waals surface area contributed by atoms with Crippen LogP contribution in [0.25, 0.3) is 16.8 Å². The Hall–Kier alpha value is -3.86. The molecule has 0 saturated heterocycles. The van der Waals surface area contributed by atoms with E-state index in [1.54, 1.807) is 25.6 Å². The number of hydrogen-bond acceptors (Lipinski definition) is 3. The highest BCUT2D eigenvalue weighted by molar-refractivity contribution is 5.95. The van der Waals surface area contributed by atoms with E-state index in [0.29, 0.717) is 17.9 Å². The largest absolute Gasteiger partial charge is 0.495 e. The van der Waals surface area contributed by atoms with Crippen LogP contribution in [0.4, 0.5) is 0 Å². The minimum Gasteiger partial charge on any atom is -0.495 e. The Kier molecular flexibility index (Phi) is 6.13. The van der Waals surface area contributed by atoms with Crippen LogP contribution in [0.2, 0.25) is 0 Å². The van der Waals surface area contributed by atoms with Crippen molar-refractivity contribution in [3.63, 3.8) is 0 Å². The molecule has 156 valence electrons. The molecule has 1 amide bonds. The lowest BCUT2D eigenvalue weighted by Crippen LogP contribution is -2.25. The predicted molar refractivity (Wildman–Crippen MR) is 123 cm³/mol. The van der Waals surface area contributed by atoms with E-state index in [0.717, 1.165) is 17.8 Å². The topological polar surface area (TPSA) is 56.1 Å². The van der Waals surface area contributed by atoms with Crippen molar-refractivity contribution in [3.8, 4) is 22.6 Å². The molecule has 0 unspecified atom stereocenters. The van der Waals surface area contributed by atoms with Crippen molar-refractivity contribution < 1.29 is 9.53 Å². The summed E-state index contributed by atoms with van der Waals surface area (Å²) in [4.78, 5) is 16.9. The summed E-state index contributed by atoms with van der Waals surface area (Å²) in [5.74, 6) is 0.508. The van der Waals surface area contributed by atoms with Crippen LogP contribution in [0.15, 0.2) is 85.3 Å². The number of benzene rings is 3. The number of nitrogens with zero attached hydrogens (tertiary/aromatic N) is 2. The van der Waals surface area contributed by atoms with Gasteiger partial charge in [-0.3, -0.25) is 4.79 Å². The van der Waals surface area contributed by atoms with Crippen LogP contribution in [-0.2, 0) is 6.42 Å². The first-order valence-electron chi connectivity index (χ1n) is 10.3. The molecule has 0 fully saturated rings. The van der Waals surface area contributed by atoms with Gasteiger partial charge in [0.2, 0.25) is 0 Å². The zero-order chi connectivity index (χ0) is 21.6. The maximum atomic E-state index is 12.6. The van der Waals surface area contributed by atoms with Gasteiger partial charge in [-0.1, -0.05) is 54.6 Å². The number of amides is 1. The molecule has 0 saturated carbocycles. The van der Waals surface area contributed by atoms with Crippen molar-refractivity contribution in [2.45, 2.75) is 13.3 Å². The average Bonchev–Trinajstić information content (AvgIpc) is 3.25. The third-order valence-electron chi connectivity index (χ3n) is 5.19. The molecule has 1 N–H and O–H groups in total. The summed E-state index contributed by atoms with van der Waals surface area (Å²) in [5.41, 5.74) is 5.90. The Morgan fingerprint density at radius 2 is 1.74 bits per heavy atom. The van der Waals surface area contributed by atoms with Gasteiger partial charge in [0.05, 0.1) is 24.8 Å². The van der Waals surface area contributed by atoms with Gasteiger partial charge in [-0.2, -0.15) is 0 Å². The number of hydrogen-bond donors (Lipinski definition) is 1. The second-order valence-corrected chi connectivity index (χ2v) is 7.38. The molecule has 1 aromatic heterocycles. The molecule has 0 atom stereocenters. The number of aromatic nitrogens is 2. The summed E-state index contributed by atoms with van der Waals surface area (Å²) in [6.07, 6.45) is 4.42. The van der Waals surface area contributed by atoms with E-state index >= 15 is 0 Å². The summed E-state index contributed by atoms with van der Waals surface area (Å²) < 4.78 is 7.38. The van der Waals surface area contributed by atoms with Gasteiger partial charge in [0.25, 0.3) is 5.91 Å². The normalized spacial score (nSPS) is 10.6. The number of aryl methyl sites for hydroxylation is 1. The zero-order valence-electron chi connectivity index (χ0n) is 17.7. The highest BCUT2D eigenvalue weighted by Gasteiger charge is 2.11. The first-order valence-corrected chi connectivity index (χ1v) is 10.3. The van der Waals surface area contributed by atoms with Crippen LogP contribution in [0, 0.1) is 6.92 Å². The van der Waals surface area contributed by atoms with Gasteiger partial charge in [0, 0.05) is 18.3 Å². The van der Waals surface area contributed by atoms with Gasteiger partial charge in [-0.15, -0.1) is 0 Å². The minimum absolute atomic E-state index is 0.118. The molecular formula is C26H25N3O2. The van der Waals surface area contributed by atoms with Gasteiger partial charge in [0.1, 0.15) is 5.75 Å². The van der Waals surface area contributed by atoms with Crippen LogP contribution in [0.3, 0.4) is 0 Å². The van der Waals surface area contributed by atoms with Gasteiger partial charge < -0.3 is 14.6 Å². The molecule has 1 heterocycles. The lowest BCUT2D eigenvalue weighted by Gasteiger charge is -2.12. The molecule has 0 bridgehead atoms. The van der Waals surface area contributed by atoms with Gasteiger partial charge in [0.15, 0.2) is 0 Å². The second-order valence-electron chi connectivity index (χ2n) is 7.38. The smallest absolute Gasteiger partial charge is 0.251 e. The van der Waals surface area contributed by atoms with E-state index in [-0.39, 0.29) is 5.91 Å². The van der Waals surface area contributed by atoms with Crippen LogP contribution in [-0.4, -0.2) is 29.1 Å². The summed E-state index contributed by atoms with van der Waals surface area (Å²) >= 11 is 0. The third kappa shape index (κ3) is 4.83. The molecule has 31 heavy (non-hydrogen) atoms. The van der Waals surface area contributed by atoms with Crippen molar-refractivity contribution in [2.75, 3.05) is 13.7 Å². The molecule has 0 aliphatic carbocycles. The molecule has 5 nitrogen and oxygen atoms in total. The number of carbonyl (C=O) groups is 1. The molecule has 3 aromatic carbocycles. The monoisotopic (exact) mass is 411 g/mol. The van der Waals surface area contributed by atoms with Crippen LogP contribution >= 0.6 is 0 Å². The SMILES string of the molecule is COc1cc(C(=O)NCCc2ccc(-c3ccccc3)cc2)ccc1-n1cnc(C)c1. The lowest BCUT2D eigenvalue weighted by atomic mass is 10.0. The zero-order valence-corrected chi connectivity index (χ0v) is 17.7. The van der Waals surface area contributed by atoms with Crippen molar-refractivity contribution in [3.05, 3.63) is 102 Å². The van der Waals surface area contributed by atoms with E-state index in [9.17, 15) is 4.79 Å². The van der Waals surface area contributed by atoms with Crippen molar-refractivity contribution in [1.29, 1.82) is 0 Å². The van der Waals surface area contributed by atoms with E-state index in [4.69, 9.17) is 4.74 Å². The van der Waals surface area contributed by atoms with Crippen LogP contribution < -0.4 is 10.1 Å². The van der Waals surface area contributed by atoms with Crippen molar-refractivity contribution >= 4 is 5.91 Å². The van der Waals surface area contributed by atoms with Gasteiger partial charge in [-0.25, -0.2) is 4.98 Å². The second kappa shape index (κ2) is 9.30. The first kappa shape index (κ1) is 20.4. The fourth-order valence-corrected chi connectivity index (χ4v) is 3.50. The van der Waals surface area contributed by atoms with Gasteiger partial charge >= 0.3 is 0 Å². The number of ether oxygens (including phenoxy) is 1. The van der Waals surface area contributed by atoms with E-state index in [1.807, 2.05) is 42.0 Å². The molecular weight excluding hydrogens is 386 g/mol. The lowest BCUT2D eigenvalue weighted by molar-refractivity contribution is 0.0954. The summed E-state index contributed by atoms with van der Waals surface area (Å²) in [7, 11) is 1.60. The standard InChI is InChI=1S/C26H25N3O2/c1-19-17-29(18-28-19)24-13-12-23(16-25(24)31-2)26(30)27-15-14-20-8-10-22(11-9-20)21-6-4-3-5-7-21/h3-13,16-18H,14-15H2,1-2H3,(H,27,30). The highest BCUT2D eigenvalue weighted by atomic mass is 16.5. The molecule has 0 spiro atoms. The third-order valence-corrected chi connectivity index (χ3v) is 5.19. The van der Waals surface area contributed by atoms with Crippen molar-refractivity contribution in [2.24, 2.45) is 0 Å². The molecule has 0 aliphatic heterocycles. The summed E-state index contributed by atoms with van der Waals surface area (Å²) in [6.45, 7) is 2.49. The summed E-state index contributed by atoms with van der Waals surface area (Å²) in [5, 5.41) is 2.99. The molecule has 5 heteroatoms. The maximum absolute atomic E-state index is 12.6. The quantitative estimate of drug-likeness (QED) is 0.474. The number of rotatable bonds is 7. The maximum Gasteiger partial charge on any atom is 0.251 e. The fraction of sp³-hybridized carbons (Fsp3) is 0.154.